The lowest BCUT2D eigenvalue weighted by atomic mass is 10.0. The van der Waals surface area contributed by atoms with Crippen molar-refractivity contribution < 1.29 is 35.9 Å². The number of hydrogen-bond donors (Lipinski definition) is 2. The molecule has 0 radical (unpaired) electrons. The Balaban J connectivity index is 1.59. The lowest BCUT2D eigenvalue weighted by Gasteiger charge is -2.15. The number of fused-ring (bicyclic) bond motifs is 1. The van der Waals surface area contributed by atoms with Crippen LogP contribution in [0.1, 0.15) is 64.1 Å². The summed E-state index contributed by atoms with van der Waals surface area (Å²) >= 11 is 0. The quantitative estimate of drug-likeness (QED) is 0.186. The van der Waals surface area contributed by atoms with E-state index in [1.807, 2.05) is 19.2 Å². The van der Waals surface area contributed by atoms with Gasteiger partial charge >= 0.3 is 6.18 Å². The Morgan fingerprint density at radius 3 is 2.33 bits per heavy atom. The molecule has 0 saturated carbocycles. The zero-order valence-corrected chi connectivity index (χ0v) is 26.3. The minimum absolute atomic E-state index is 0.00859. The second-order valence-electron chi connectivity index (χ2n) is 11.1. The number of benzene rings is 3. The molecule has 1 heterocycles. The monoisotopic (exact) mass is 643 g/mol. The highest BCUT2D eigenvalue weighted by atomic mass is 32.2. The first-order chi connectivity index (χ1) is 21.2. The molecule has 1 aromatic heterocycles. The van der Waals surface area contributed by atoms with E-state index in [1.165, 1.54) is 32.2 Å². The Bertz CT molecular complexity index is 1820. The molecule has 0 fully saturated rings. The normalized spacial score (nSPS) is 12.6. The largest absolute Gasteiger partial charge is 0.496 e. The van der Waals surface area contributed by atoms with Crippen molar-refractivity contribution >= 4 is 32.7 Å². The summed E-state index contributed by atoms with van der Waals surface area (Å²) in [6, 6.07) is 16.2. The second kappa shape index (κ2) is 13.8. The highest BCUT2D eigenvalue weighted by Gasteiger charge is 2.30. The van der Waals surface area contributed by atoms with Crippen LogP contribution in [0.15, 0.2) is 71.8 Å². The van der Waals surface area contributed by atoms with Crippen LogP contribution in [0.25, 0.3) is 10.9 Å². The molecule has 0 aliphatic carbocycles. The Kier molecular flexibility index (Phi) is 10.3. The van der Waals surface area contributed by atoms with Gasteiger partial charge in [0.15, 0.2) is 0 Å². The van der Waals surface area contributed by atoms with Crippen LogP contribution in [-0.4, -0.2) is 44.6 Å². The molecule has 4 aromatic rings. The van der Waals surface area contributed by atoms with Crippen molar-refractivity contribution in [3.05, 3.63) is 94.7 Å². The van der Waals surface area contributed by atoms with E-state index in [2.05, 4.69) is 14.6 Å². The molecule has 8 nitrogen and oxygen atoms in total. The number of carbonyl (C=O) groups is 2. The first-order valence-electron chi connectivity index (χ1n) is 14.5. The molecule has 0 saturated heterocycles. The summed E-state index contributed by atoms with van der Waals surface area (Å²) in [6.07, 6.45) is -2.08. The number of hydrogen-bond acceptors (Lipinski definition) is 5. The molecular weight excluding hydrogens is 607 g/mol. The lowest BCUT2D eigenvalue weighted by molar-refractivity contribution is -0.142. The molecule has 0 bridgehead atoms. The van der Waals surface area contributed by atoms with E-state index in [9.17, 15) is 31.2 Å². The van der Waals surface area contributed by atoms with Gasteiger partial charge in [-0.15, -0.1) is 0 Å². The highest BCUT2D eigenvalue weighted by Crippen LogP contribution is 2.30. The van der Waals surface area contributed by atoms with Gasteiger partial charge in [-0.1, -0.05) is 38.1 Å². The minimum atomic E-state index is -4.30. The highest BCUT2D eigenvalue weighted by molar-refractivity contribution is 7.90. The fourth-order valence-corrected chi connectivity index (χ4v) is 6.47. The van der Waals surface area contributed by atoms with Crippen molar-refractivity contribution in [2.24, 2.45) is 5.92 Å². The molecular formula is C33H36F3N3O5S. The molecule has 3 aromatic carbocycles. The van der Waals surface area contributed by atoms with Crippen molar-refractivity contribution in [3.63, 3.8) is 0 Å². The molecule has 0 unspecified atom stereocenters. The zero-order chi connectivity index (χ0) is 32.9. The minimum Gasteiger partial charge on any atom is -0.496 e. The van der Waals surface area contributed by atoms with E-state index >= 15 is 0 Å². The Labute approximate surface area is 260 Å². The fourth-order valence-electron chi connectivity index (χ4n) is 5.25. The maximum atomic E-state index is 13.0. The molecule has 45 heavy (non-hydrogen) atoms. The average molecular weight is 644 g/mol. The van der Waals surface area contributed by atoms with E-state index in [1.54, 1.807) is 43.3 Å². The van der Waals surface area contributed by atoms with Crippen LogP contribution in [0, 0.1) is 12.8 Å². The number of nitrogens with zero attached hydrogens (tertiary/aromatic N) is 1. The van der Waals surface area contributed by atoms with E-state index < -0.39 is 40.4 Å². The summed E-state index contributed by atoms with van der Waals surface area (Å²) in [5.74, 6) is -1.66. The Morgan fingerprint density at radius 2 is 1.67 bits per heavy atom. The van der Waals surface area contributed by atoms with Gasteiger partial charge in [0.1, 0.15) is 5.75 Å². The molecule has 0 aliphatic heterocycles. The van der Waals surface area contributed by atoms with E-state index in [-0.39, 0.29) is 17.0 Å². The molecule has 240 valence electrons. The Morgan fingerprint density at radius 1 is 0.978 bits per heavy atom. The fraction of sp³-hybridized carbons (Fsp3) is 0.333. The molecule has 2 N–H and O–H groups in total. The third-order valence-corrected chi connectivity index (χ3v) is 8.91. The number of carbonyl (C=O) groups excluding carboxylic acids is 2. The number of nitrogens with one attached hydrogen (secondary N) is 2. The number of rotatable bonds is 12. The first kappa shape index (κ1) is 33.6. The van der Waals surface area contributed by atoms with Gasteiger partial charge in [0.2, 0.25) is 0 Å². The van der Waals surface area contributed by atoms with Gasteiger partial charge in [0, 0.05) is 54.2 Å². The Hall–Kier alpha value is -4.32. The van der Waals surface area contributed by atoms with Crippen molar-refractivity contribution in [2.45, 2.75) is 57.7 Å². The number of ether oxygens (including phenoxy) is 1. The lowest BCUT2D eigenvalue weighted by Crippen LogP contribution is -2.31. The van der Waals surface area contributed by atoms with Crippen LogP contribution in [0.2, 0.25) is 0 Å². The first-order valence-corrected chi connectivity index (χ1v) is 16.0. The zero-order valence-electron chi connectivity index (χ0n) is 25.5. The van der Waals surface area contributed by atoms with Gasteiger partial charge in [0.05, 0.1) is 12.0 Å². The van der Waals surface area contributed by atoms with Gasteiger partial charge in [-0.2, -0.15) is 13.2 Å². The van der Waals surface area contributed by atoms with Gasteiger partial charge in [0.25, 0.3) is 21.8 Å². The molecule has 0 spiro atoms. The summed E-state index contributed by atoms with van der Waals surface area (Å²) in [6.45, 7) is 5.74. The third-order valence-electron chi connectivity index (χ3n) is 7.42. The second-order valence-corrected chi connectivity index (χ2v) is 12.8. The molecule has 2 amide bonds. The molecule has 1 atom stereocenters. The van der Waals surface area contributed by atoms with Crippen molar-refractivity contribution in [1.29, 1.82) is 0 Å². The number of aromatic nitrogens is 1. The topological polar surface area (TPSA) is 106 Å². The van der Waals surface area contributed by atoms with E-state index in [0.29, 0.717) is 23.3 Å². The van der Waals surface area contributed by atoms with Gasteiger partial charge in [-0.05, 0) is 72.4 Å². The number of halogens is 3. The summed E-state index contributed by atoms with van der Waals surface area (Å²) in [5, 5.41) is 3.40. The van der Waals surface area contributed by atoms with E-state index in [0.717, 1.165) is 35.0 Å². The number of amides is 2. The summed E-state index contributed by atoms with van der Waals surface area (Å²) in [4.78, 5) is 25.8. The SMILES string of the molecule is CCCn1cc(Cc2ccc(C(=O)NS(=O)(=O)c3ccccc3C)cc2OC)c2cc(C(=O)NC[C@H](C)CC(F)(F)F)ccc21. The van der Waals surface area contributed by atoms with Crippen LogP contribution >= 0.6 is 0 Å². The average Bonchev–Trinajstić information content (AvgIpc) is 3.31. The van der Waals surface area contributed by atoms with Crippen molar-refractivity contribution in [2.75, 3.05) is 13.7 Å². The summed E-state index contributed by atoms with van der Waals surface area (Å²) < 4.78 is 73.6. The summed E-state index contributed by atoms with van der Waals surface area (Å²) in [5.41, 5.74) is 3.42. The third kappa shape index (κ3) is 8.24. The molecule has 4 rings (SSSR count). The van der Waals surface area contributed by atoms with Crippen LogP contribution in [0.4, 0.5) is 13.2 Å². The number of alkyl halides is 3. The van der Waals surface area contributed by atoms with Gasteiger partial charge < -0.3 is 14.6 Å². The standard InChI is InChI=1S/C33H36F3N3O5S/c1-5-14-39-20-26(27-16-24(12-13-28(27)39)31(40)37-19-21(2)18-33(34,35)36)15-23-10-11-25(17-29(23)44-4)32(41)38-45(42,43)30-9-7-6-8-22(30)3/h6-13,16-17,20-21H,5,14-15,18-19H2,1-4H3,(H,37,40)(H,38,41)/t21-/m1/s1. The van der Waals surface area contributed by atoms with Crippen LogP contribution in [0.5, 0.6) is 5.75 Å². The number of methoxy groups -OCH3 is 1. The molecule has 0 aliphatic rings. The maximum Gasteiger partial charge on any atom is 0.389 e. The smallest absolute Gasteiger partial charge is 0.389 e. The van der Waals surface area contributed by atoms with Crippen molar-refractivity contribution in [3.8, 4) is 5.75 Å². The predicted octanol–water partition coefficient (Wildman–Crippen LogP) is 6.40. The van der Waals surface area contributed by atoms with Crippen molar-refractivity contribution in [1.82, 2.24) is 14.6 Å². The van der Waals surface area contributed by atoms with E-state index in [4.69, 9.17) is 4.74 Å². The van der Waals surface area contributed by atoms with Gasteiger partial charge in [-0.3, -0.25) is 9.59 Å². The summed E-state index contributed by atoms with van der Waals surface area (Å²) in [7, 11) is -2.65. The van der Waals surface area contributed by atoms with Crippen LogP contribution < -0.4 is 14.8 Å². The van der Waals surface area contributed by atoms with Crippen LogP contribution in [0.3, 0.4) is 0 Å². The number of aryl methyl sites for hydroxylation is 2. The predicted molar refractivity (Wildman–Crippen MR) is 166 cm³/mol. The molecule has 12 heteroatoms. The van der Waals surface area contributed by atoms with Gasteiger partial charge in [-0.25, -0.2) is 13.1 Å². The van der Waals surface area contributed by atoms with Crippen LogP contribution in [-0.2, 0) is 23.0 Å². The number of sulfonamides is 1. The maximum absolute atomic E-state index is 13.0.